The van der Waals surface area contributed by atoms with Crippen LogP contribution in [0.3, 0.4) is 0 Å². The number of rotatable bonds is 7. The van der Waals surface area contributed by atoms with Crippen LogP contribution in [-0.2, 0) is 11.3 Å². The number of carbonyl (C=O) groups excluding carboxylic acids is 1. The first-order valence-electron chi connectivity index (χ1n) is 8.56. The summed E-state index contributed by atoms with van der Waals surface area (Å²) in [4.78, 5) is 16.0. The van der Waals surface area contributed by atoms with Gasteiger partial charge in [0.05, 0.1) is 10.3 Å². The molecular weight excluding hydrogens is 408 g/mol. The first-order chi connectivity index (χ1) is 12.7. The summed E-state index contributed by atoms with van der Waals surface area (Å²) in [7, 11) is 0. The molecule has 2 aromatic carbocycles. The van der Waals surface area contributed by atoms with Gasteiger partial charge in [0.15, 0.2) is 0 Å². The van der Waals surface area contributed by atoms with Crippen molar-refractivity contribution >= 4 is 38.9 Å². The zero-order valence-electron chi connectivity index (χ0n) is 14.6. The normalized spacial score (nSPS) is 10.9. The third-order valence-corrected chi connectivity index (χ3v) is 5.72. The monoisotopic (exact) mass is 428 g/mol. The minimum atomic E-state index is 0.00542. The van der Waals surface area contributed by atoms with Crippen LogP contribution in [0.4, 0.5) is 5.69 Å². The van der Waals surface area contributed by atoms with Crippen molar-refractivity contribution in [3.05, 3.63) is 75.4 Å². The average Bonchev–Trinajstić information content (AvgIpc) is 3.07. The van der Waals surface area contributed by atoms with Crippen LogP contribution in [0.15, 0.2) is 70.5 Å². The molecule has 134 valence electrons. The van der Waals surface area contributed by atoms with Crippen molar-refractivity contribution in [1.82, 2.24) is 4.90 Å². The molecule has 0 bridgehead atoms. The van der Waals surface area contributed by atoms with Crippen LogP contribution in [0, 0.1) is 0 Å². The van der Waals surface area contributed by atoms with Crippen molar-refractivity contribution < 1.29 is 4.79 Å². The Bertz CT molecular complexity index is 863. The van der Waals surface area contributed by atoms with E-state index in [1.165, 1.54) is 4.88 Å². The third kappa shape index (κ3) is 5.04. The molecule has 0 fully saturated rings. The number of amides is 1. The number of para-hydroxylation sites is 1. The number of thiophene rings is 1. The predicted octanol–water partition coefficient (Wildman–Crippen LogP) is 5.64. The molecule has 5 heteroatoms. The van der Waals surface area contributed by atoms with Crippen LogP contribution >= 0.6 is 27.3 Å². The molecule has 0 saturated heterocycles. The van der Waals surface area contributed by atoms with Gasteiger partial charge in [0.25, 0.3) is 0 Å². The van der Waals surface area contributed by atoms with Gasteiger partial charge in [-0.05, 0) is 46.2 Å². The standard InChI is InChI=1S/C21H21BrN2OS/c1-2-24(14-17-12-13-20(22)26-17)15-21(25)23-19-11-7-6-10-18(19)16-8-4-3-5-9-16/h3-13H,2,14-15H2,1H3,(H,23,25). The van der Waals surface area contributed by atoms with Gasteiger partial charge < -0.3 is 5.32 Å². The summed E-state index contributed by atoms with van der Waals surface area (Å²) in [6, 6.07) is 22.2. The van der Waals surface area contributed by atoms with Crippen LogP contribution < -0.4 is 5.32 Å². The smallest absolute Gasteiger partial charge is 0.238 e. The molecule has 0 radical (unpaired) electrons. The summed E-state index contributed by atoms with van der Waals surface area (Å²) in [6.45, 7) is 4.05. The van der Waals surface area contributed by atoms with E-state index in [0.717, 1.165) is 33.7 Å². The fraction of sp³-hybridized carbons (Fsp3) is 0.190. The van der Waals surface area contributed by atoms with E-state index in [-0.39, 0.29) is 5.91 Å². The molecule has 0 aliphatic rings. The van der Waals surface area contributed by atoms with E-state index in [9.17, 15) is 4.79 Å². The summed E-state index contributed by atoms with van der Waals surface area (Å²) in [6.07, 6.45) is 0. The Hall–Kier alpha value is -1.95. The van der Waals surface area contributed by atoms with Crippen LogP contribution in [0.25, 0.3) is 11.1 Å². The minimum absolute atomic E-state index is 0.00542. The first-order valence-corrected chi connectivity index (χ1v) is 10.2. The number of hydrogen-bond donors (Lipinski definition) is 1. The maximum Gasteiger partial charge on any atom is 0.238 e. The Morgan fingerprint density at radius 1 is 1.04 bits per heavy atom. The molecule has 0 atom stereocenters. The highest BCUT2D eigenvalue weighted by Crippen LogP contribution is 2.27. The molecule has 1 amide bonds. The molecule has 0 spiro atoms. The summed E-state index contributed by atoms with van der Waals surface area (Å²) >= 11 is 5.20. The van der Waals surface area contributed by atoms with Crippen molar-refractivity contribution in [2.75, 3.05) is 18.4 Å². The minimum Gasteiger partial charge on any atom is -0.324 e. The lowest BCUT2D eigenvalue weighted by atomic mass is 10.0. The van der Waals surface area contributed by atoms with Gasteiger partial charge in [0.1, 0.15) is 0 Å². The molecule has 0 aliphatic heterocycles. The zero-order valence-corrected chi connectivity index (χ0v) is 17.0. The van der Waals surface area contributed by atoms with Gasteiger partial charge in [0.2, 0.25) is 5.91 Å². The fourth-order valence-corrected chi connectivity index (χ4v) is 4.32. The fourth-order valence-electron chi connectivity index (χ4n) is 2.79. The SMILES string of the molecule is CCN(CC(=O)Nc1ccccc1-c1ccccc1)Cc1ccc(Br)s1. The molecule has 1 N–H and O–H groups in total. The molecular formula is C21H21BrN2OS. The highest BCUT2D eigenvalue weighted by Gasteiger charge is 2.13. The molecule has 0 unspecified atom stereocenters. The van der Waals surface area contributed by atoms with Crippen LogP contribution in [0.5, 0.6) is 0 Å². The van der Waals surface area contributed by atoms with E-state index in [1.54, 1.807) is 11.3 Å². The number of carbonyl (C=O) groups is 1. The van der Waals surface area contributed by atoms with Crippen molar-refractivity contribution in [2.24, 2.45) is 0 Å². The predicted molar refractivity (Wildman–Crippen MR) is 113 cm³/mol. The topological polar surface area (TPSA) is 32.3 Å². The maximum absolute atomic E-state index is 12.6. The van der Waals surface area contributed by atoms with Crippen LogP contribution in [-0.4, -0.2) is 23.9 Å². The van der Waals surface area contributed by atoms with Gasteiger partial charge in [-0.2, -0.15) is 0 Å². The third-order valence-electron chi connectivity index (χ3n) is 4.11. The first kappa shape index (κ1) is 18.8. The molecule has 3 rings (SSSR count). The number of anilines is 1. The lowest BCUT2D eigenvalue weighted by Gasteiger charge is -2.19. The number of likely N-dealkylation sites (N-methyl/N-ethyl adjacent to an activating group) is 1. The average molecular weight is 429 g/mol. The molecule has 3 aromatic rings. The largest absolute Gasteiger partial charge is 0.324 e. The molecule has 3 nitrogen and oxygen atoms in total. The van der Waals surface area contributed by atoms with E-state index in [1.807, 2.05) is 48.5 Å². The maximum atomic E-state index is 12.6. The van der Waals surface area contributed by atoms with Gasteiger partial charge in [-0.3, -0.25) is 9.69 Å². The van der Waals surface area contributed by atoms with Crippen LogP contribution in [0.1, 0.15) is 11.8 Å². The van der Waals surface area contributed by atoms with Gasteiger partial charge >= 0.3 is 0 Å². The van der Waals surface area contributed by atoms with Crippen molar-refractivity contribution in [3.8, 4) is 11.1 Å². The second kappa shape index (κ2) is 9.12. The second-order valence-corrected chi connectivity index (χ2v) is 8.52. The molecule has 0 saturated carbocycles. The summed E-state index contributed by atoms with van der Waals surface area (Å²) in [5, 5.41) is 3.08. The lowest BCUT2D eigenvalue weighted by molar-refractivity contribution is -0.117. The van der Waals surface area contributed by atoms with E-state index >= 15 is 0 Å². The summed E-state index contributed by atoms with van der Waals surface area (Å²) in [5.41, 5.74) is 2.98. The van der Waals surface area contributed by atoms with Gasteiger partial charge in [0, 0.05) is 22.7 Å². The van der Waals surface area contributed by atoms with Gasteiger partial charge in [-0.25, -0.2) is 0 Å². The number of hydrogen-bond acceptors (Lipinski definition) is 3. The van der Waals surface area contributed by atoms with Crippen molar-refractivity contribution in [3.63, 3.8) is 0 Å². The van der Waals surface area contributed by atoms with Crippen molar-refractivity contribution in [2.45, 2.75) is 13.5 Å². The van der Waals surface area contributed by atoms with E-state index in [4.69, 9.17) is 0 Å². The second-order valence-electron chi connectivity index (χ2n) is 5.97. The Morgan fingerprint density at radius 3 is 2.46 bits per heavy atom. The van der Waals surface area contributed by atoms with E-state index in [0.29, 0.717) is 6.54 Å². The lowest BCUT2D eigenvalue weighted by Crippen LogP contribution is -2.32. The Labute approximate surface area is 166 Å². The molecule has 1 heterocycles. The number of benzene rings is 2. The Morgan fingerprint density at radius 2 is 1.77 bits per heavy atom. The van der Waals surface area contributed by atoms with Gasteiger partial charge in [-0.15, -0.1) is 11.3 Å². The summed E-state index contributed by atoms with van der Waals surface area (Å²) < 4.78 is 1.12. The zero-order chi connectivity index (χ0) is 18.4. The number of nitrogens with zero attached hydrogens (tertiary/aromatic N) is 1. The Balaban J connectivity index is 1.68. The number of nitrogens with one attached hydrogen (secondary N) is 1. The highest BCUT2D eigenvalue weighted by molar-refractivity contribution is 9.11. The van der Waals surface area contributed by atoms with Gasteiger partial charge in [-0.1, -0.05) is 55.5 Å². The Kier molecular flexibility index (Phi) is 6.61. The highest BCUT2D eigenvalue weighted by atomic mass is 79.9. The van der Waals surface area contributed by atoms with E-state index in [2.05, 4.69) is 51.3 Å². The van der Waals surface area contributed by atoms with E-state index < -0.39 is 0 Å². The number of halogens is 1. The van der Waals surface area contributed by atoms with Crippen molar-refractivity contribution in [1.29, 1.82) is 0 Å². The molecule has 0 aliphatic carbocycles. The molecule has 1 aromatic heterocycles. The molecule has 26 heavy (non-hydrogen) atoms. The summed E-state index contributed by atoms with van der Waals surface area (Å²) in [5.74, 6) is 0.00542. The van der Waals surface area contributed by atoms with Crippen LogP contribution in [0.2, 0.25) is 0 Å². The quantitative estimate of drug-likeness (QED) is 0.527.